The van der Waals surface area contributed by atoms with E-state index in [0.717, 1.165) is 11.3 Å². The van der Waals surface area contributed by atoms with Crippen LogP contribution < -0.4 is 0 Å². The Morgan fingerprint density at radius 3 is 2.64 bits per heavy atom. The maximum absolute atomic E-state index is 5.75. The van der Waals surface area contributed by atoms with Crippen molar-refractivity contribution in [2.45, 2.75) is 6.92 Å². The van der Waals surface area contributed by atoms with Gasteiger partial charge in [-0.05, 0) is 25.1 Å². The molecular weight excluding hydrogens is 198 g/mol. The molecule has 0 bridgehead atoms. The SMILES string of the molecule is Cc1ccc(-c2nccc(Cl)n2)cn1. The summed E-state index contributed by atoms with van der Waals surface area (Å²) in [4.78, 5) is 12.4. The lowest BCUT2D eigenvalue weighted by Crippen LogP contribution is -1.89. The van der Waals surface area contributed by atoms with Crippen molar-refractivity contribution in [3.63, 3.8) is 0 Å². The third-order valence-corrected chi connectivity index (χ3v) is 2.00. The fourth-order valence-corrected chi connectivity index (χ4v) is 1.21. The van der Waals surface area contributed by atoms with Crippen LogP contribution >= 0.6 is 11.6 Å². The molecule has 2 heterocycles. The number of rotatable bonds is 1. The first-order chi connectivity index (χ1) is 6.75. The van der Waals surface area contributed by atoms with Crippen LogP contribution in [0.5, 0.6) is 0 Å². The zero-order chi connectivity index (χ0) is 9.97. The summed E-state index contributed by atoms with van der Waals surface area (Å²) in [6.07, 6.45) is 3.37. The summed E-state index contributed by atoms with van der Waals surface area (Å²) >= 11 is 5.75. The summed E-state index contributed by atoms with van der Waals surface area (Å²) in [5.74, 6) is 0.602. The normalized spacial score (nSPS) is 10.1. The minimum absolute atomic E-state index is 0.440. The van der Waals surface area contributed by atoms with Crippen molar-refractivity contribution >= 4 is 11.6 Å². The standard InChI is InChI=1S/C10H8ClN3/c1-7-2-3-8(6-13-7)10-12-5-4-9(11)14-10/h2-6H,1H3. The Bertz CT molecular complexity index is 439. The third kappa shape index (κ3) is 1.88. The highest BCUT2D eigenvalue weighted by Gasteiger charge is 2.01. The molecule has 2 rings (SSSR count). The molecule has 0 aliphatic rings. The van der Waals surface area contributed by atoms with Gasteiger partial charge in [0.05, 0.1) is 0 Å². The van der Waals surface area contributed by atoms with Gasteiger partial charge < -0.3 is 0 Å². The highest BCUT2D eigenvalue weighted by atomic mass is 35.5. The Labute approximate surface area is 86.8 Å². The van der Waals surface area contributed by atoms with Crippen LogP contribution in [0.25, 0.3) is 11.4 Å². The minimum atomic E-state index is 0.440. The van der Waals surface area contributed by atoms with Crippen molar-refractivity contribution in [3.05, 3.63) is 41.4 Å². The van der Waals surface area contributed by atoms with Crippen LogP contribution in [0.1, 0.15) is 5.69 Å². The number of hydrogen-bond acceptors (Lipinski definition) is 3. The number of pyridine rings is 1. The zero-order valence-corrected chi connectivity index (χ0v) is 8.36. The van der Waals surface area contributed by atoms with E-state index in [-0.39, 0.29) is 0 Å². The molecule has 0 atom stereocenters. The van der Waals surface area contributed by atoms with E-state index < -0.39 is 0 Å². The fraction of sp³-hybridized carbons (Fsp3) is 0.100. The van der Waals surface area contributed by atoms with Gasteiger partial charge >= 0.3 is 0 Å². The van der Waals surface area contributed by atoms with E-state index in [0.29, 0.717) is 11.0 Å². The van der Waals surface area contributed by atoms with Crippen molar-refractivity contribution in [3.8, 4) is 11.4 Å². The summed E-state index contributed by atoms with van der Waals surface area (Å²) in [7, 11) is 0. The number of halogens is 1. The number of aryl methyl sites for hydroxylation is 1. The van der Waals surface area contributed by atoms with E-state index in [1.54, 1.807) is 18.5 Å². The van der Waals surface area contributed by atoms with Crippen molar-refractivity contribution in [1.82, 2.24) is 15.0 Å². The van der Waals surface area contributed by atoms with E-state index >= 15 is 0 Å². The van der Waals surface area contributed by atoms with Crippen LogP contribution in [0.2, 0.25) is 5.15 Å². The van der Waals surface area contributed by atoms with Crippen molar-refractivity contribution in [2.24, 2.45) is 0 Å². The average Bonchev–Trinajstić information content (AvgIpc) is 2.19. The molecule has 0 radical (unpaired) electrons. The van der Waals surface area contributed by atoms with Crippen molar-refractivity contribution in [2.75, 3.05) is 0 Å². The van der Waals surface area contributed by atoms with E-state index in [4.69, 9.17) is 11.6 Å². The largest absolute Gasteiger partial charge is 0.261 e. The molecule has 3 nitrogen and oxygen atoms in total. The second-order valence-electron chi connectivity index (χ2n) is 2.89. The summed E-state index contributed by atoms with van der Waals surface area (Å²) in [6.45, 7) is 1.93. The van der Waals surface area contributed by atoms with Gasteiger partial charge in [-0.25, -0.2) is 9.97 Å². The van der Waals surface area contributed by atoms with E-state index in [2.05, 4.69) is 15.0 Å². The van der Waals surface area contributed by atoms with Crippen LogP contribution in [0.15, 0.2) is 30.6 Å². The molecule has 0 aromatic carbocycles. The van der Waals surface area contributed by atoms with Gasteiger partial charge in [0.2, 0.25) is 0 Å². The first kappa shape index (κ1) is 9.09. The van der Waals surface area contributed by atoms with Crippen LogP contribution in [0.3, 0.4) is 0 Å². The van der Waals surface area contributed by atoms with Gasteiger partial charge in [0, 0.05) is 23.7 Å². The fourth-order valence-electron chi connectivity index (χ4n) is 1.08. The van der Waals surface area contributed by atoms with Crippen LogP contribution in [0, 0.1) is 6.92 Å². The van der Waals surface area contributed by atoms with Crippen molar-refractivity contribution in [1.29, 1.82) is 0 Å². The molecule has 0 unspecified atom stereocenters. The number of nitrogens with zero attached hydrogens (tertiary/aromatic N) is 3. The lowest BCUT2D eigenvalue weighted by atomic mass is 10.2. The molecule has 2 aromatic heterocycles. The minimum Gasteiger partial charge on any atom is -0.261 e. The molecule has 4 heteroatoms. The molecular formula is C10H8ClN3. The molecule has 0 spiro atoms. The smallest absolute Gasteiger partial charge is 0.162 e. The Kier molecular flexibility index (Phi) is 2.41. The molecule has 70 valence electrons. The second-order valence-corrected chi connectivity index (χ2v) is 3.28. The molecule has 0 N–H and O–H groups in total. The Morgan fingerprint density at radius 1 is 1.14 bits per heavy atom. The van der Waals surface area contributed by atoms with Gasteiger partial charge in [-0.1, -0.05) is 11.6 Å². The molecule has 2 aromatic rings. The molecule has 14 heavy (non-hydrogen) atoms. The summed E-state index contributed by atoms with van der Waals surface area (Å²) < 4.78 is 0. The van der Waals surface area contributed by atoms with Gasteiger partial charge in [0.1, 0.15) is 5.15 Å². The quantitative estimate of drug-likeness (QED) is 0.672. The van der Waals surface area contributed by atoms with E-state index in [9.17, 15) is 0 Å². The van der Waals surface area contributed by atoms with Gasteiger partial charge in [-0.3, -0.25) is 4.98 Å². The summed E-state index contributed by atoms with van der Waals surface area (Å²) in [5, 5.41) is 0.440. The molecule has 0 aliphatic heterocycles. The van der Waals surface area contributed by atoms with Gasteiger partial charge in [-0.2, -0.15) is 0 Å². The van der Waals surface area contributed by atoms with Crippen molar-refractivity contribution < 1.29 is 0 Å². The average molecular weight is 206 g/mol. The van der Waals surface area contributed by atoms with E-state index in [1.807, 2.05) is 19.1 Å². The van der Waals surface area contributed by atoms with E-state index in [1.165, 1.54) is 0 Å². The molecule has 0 saturated carbocycles. The van der Waals surface area contributed by atoms with Crippen LogP contribution in [-0.2, 0) is 0 Å². The number of aromatic nitrogens is 3. The lowest BCUT2D eigenvalue weighted by Gasteiger charge is -1.99. The zero-order valence-electron chi connectivity index (χ0n) is 7.61. The Morgan fingerprint density at radius 2 is 2.00 bits per heavy atom. The third-order valence-electron chi connectivity index (χ3n) is 1.79. The maximum Gasteiger partial charge on any atom is 0.162 e. The second kappa shape index (κ2) is 3.72. The highest BCUT2D eigenvalue weighted by molar-refractivity contribution is 6.29. The Hall–Kier alpha value is -1.48. The topological polar surface area (TPSA) is 38.7 Å². The predicted molar refractivity (Wildman–Crippen MR) is 55.0 cm³/mol. The highest BCUT2D eigenvalue weighted by Crippen LogP contribution is 2.14. The first-order valence-electron chi connectivity index (χ1n) is 4.17. The summed E-state index contributed by atoms with van der Waals surface area (Å²) in [6, 6.07) is 5.49. The van der Waals surface area contributed by atoms with Crippen LogP contribution in [-0.4, -0.2) is 15.0 Å². The predicted octanol–water partition coefficient (Wildman–Crippen LogP) is 2.50. The molecule has 0 saturated heterocycles. The maximum atomic E-state index is 5.75. The van der Waals surface area contributed by atoms with Gasteiger partial charge in [0.15, 0.2) is 5.82 Å². The molecule has 0 aliphatic carbocycles. The summed E-state index contributed by atoms with van der Waals surface area (Å²) in [5.41, 5.74) is 1.84. The molecule has 0 fully saturated rings. The lowest BCUT2D eigenvalue weighted by molar-refractivity contribution is 1.14. The monoisotopic (exact) mass is 205 g/mol. The Balaban J connectivity index is 2.44. The first-order valence-corrected chi connectivity index (χ1v) is 4.55. The number of hydrogen-bond donors (Lipinski definition) is 0. The van der Waals surface area contributed by atoms with Gasteiger partial charge in [0.25, 0.3) is 0 Å². The van der Waals surface area contributed by atoms with Crippen LogP contribution in [0.4, 0.5) is 0 Å². The molecule has 0 amide bonds. The van der Waals surface area contributed by atoms with Gasteiger partial charge in [-0.15, -0.1) is 0 Å².